The van der Waals surface area contributed by atoms with Crippen LogP contribution in [0.5, 0.6) is 0 Å². The van der Waals surface area contributed by atoms with Gasteiger partial charge in [-0.2, -0.15) is 0 Å². The molecule has 0 bridgehead atoms. The lowest BCUT2D eigenvalue weighted by atomic mass is 10.0. The Balaban J connectivity index is 2.01. The summed E-state index contributed by atoms with van der Waals surface area (Å²) < 4.78 is 0. The van der Waals surface area contributed by atoms with E-state index in [9.17, 15) is 4.79 Å². The van der Waals surface area contributed by atoms with Gasteiger partial charge in [0, 0.05) is 23.6 Å². The molecule has 0 aliphatic carbocycles. The summed E-state index contributed by atoms with van der Waals surface area (Å²) in [7, 11) is 0. The van der Waals surface area contributed by atoms with Crippen LogP contribution in [-0.2, 0) is 17.6 Å². The molecule has 2 N–H and O–H groups in total. The molecular weight excluding hydrogens is 246 g/mol. The Bertz CT molecular complexity index is 516. The van der Waals surface area contributed by atoms with Gasteiger partial charge in [-0.3, -0.25) is 4.79 Å². The molecule has 18 heavy (non-hydrogen) atoms. The number of carbonyl (C=O) groups is 1. The molecule has 0 fully saturated rings. The van der Waals surface area contributed by atoms with Crippen molar-refractivity contribution in [3.05, 3.63) is 64.7 Å². The molecule has 0 heterocycles. The normalized spacial score (nSPS) is 10.3. The van der Waals surface area contributed by atoms with Crippen molar-refractivity contribution in [1.82, 2.24) is 0 Å². The van der Waals surface area contributed by atoms with Crippen LogP contribution in [0.2, 0.25) is 5.02 Å². The maximum Gasteiger partial charge on any atom is 0.141 e. The fourth-order valence-electron chi connectivity index (χ4n) is 1.87. The minimum atomic E-state index is 0.155. The summed E-state index contributed by atoms with van der Waals surface area (Å²) in [6, 6.07) is 14.8. The number of anilines is 1. The minimum absolute atomic E-state index is 0.155. The van der Waals surface area contributed by atoms with E-state index in [4.69, 9.17) is 17.3 Å². The molecule has 0 unspecified atom stereocenters. The summed E-state index contributed by atoms with van der Waals surface area (Å²) in [6.45, 7) is 0. The van der Waals surface area contributed by atoms with Crippen LogP contribution < -0.4 is 5.73 Å². The van der Waals surface area contributed by atoms with Crippen molar-refractivity contribution in [3.63, 3.8) is 0 Å². The van der Waals surface area contributed by atoms with E-state index >= 15 is 0 Å². The first-order valence-electron chi connectivity index (χ1n) is 5.74. The molecule has 3 heteroatoms. The van der Waals surface area contributed by atoms with E-state index in [1.807, 2.05) is 42.5 Å². The van der Waals surface area contributed by atoms with Gasteiger partial charge in [0.25, 0.3) is 0 Å². The van der Waals surface area contributed by atoms with E-state index in [1.54, 1.807) is 6.07 Å². The maximum absolute atomic E-state index is 11.9. The van der Waals surface area contributed by atoms with Crippen LogP contribution in [0.15, 0.2) is 48.5 Å². The molecular formula is C15H14ClNO. The van der Waals surface area contributed by atoms with E-state index < -0.39 is 0 Å². The van der Waals surface area contributed by atoms with Gasteiger partial charge in [-0.1, -0.05) is 35.9 Å². The zero-order chi connectivity index (χ0) is 13.0. The highest BCUT2D eigenvalue weighted by molar-refractivity contribution is 6.30. The van der Waals surface area contributed by atoms with Crippen molar-refractivity contribution in [3.8, 4) is 0 Å². The largest absolute Gasteiger partial charge is 0.399 e. The second kappa shape index (κ2) is 5.69. The monoisotopic (exact) mass is 259 g/mol. The van der Waals surface area contributed by atoms with E-state index in [0.29, 0.717) is 23.6 Å². The summed E-state index contributed by atoms with van der Waals surface area (Å²) in [6.07, 6.45) is 0.799. The minimum Gasteiger partial charge on any atom is -0.399 e. The third-order valence-electron chi connectivity index (χ3n) is 2.64. The predicted octanol–water partition coefficient (Wildman–Crippen LogP) is 3.28. The highest BCUT2D eigenvalue weighted by atomic mass is 35.5. The topological polar surface area (TPSA) is 43.1 Å². The molecule has 2 rings (SSSR count). The number of hydrogen-bond acceptors (Lipinski definition) is 2. The van der Waals surface area contributed by atoms with Crippen molar-refractivity contribution in [2.75, 3.05) is 5.73 Å². The molecule has 0 amide bonds. The molecule has 2 nitrogen and oxygen atoms in total. The van der Waals surface area contributed by atoms with Crippen LogP contribution in [0.4, 0.5) is 5.69 Å². The maximum atomic E-state index is 11.9. The number of halogens is 1. The Morgan fingerprint density at radius 1 is 1.00 bits per heavy atom. The van der Waals surface area contributed by atoms with Crippen molar-refractivity contribution >= 4 is 23.1 Å². The fourth-order valence-corrected chi connectivity index (χ4v) is 2.08. The molecule has 2 aromatic carbocycles. The lowest BCUT2D eigenvalue weighted by molar-refractivity contribution is -0.117. The van der Waals surface area contributed by atoms with Crippen LogP contribution in [0, 0.1) is 0 Å². The summed E-state index contributed by atoms with van der Waals surface area (Å²) in [5, 5.41) is 0.657. The summed E-state index contributed by atoms with van der Waals surface area (Å²) >= 11 is 5.88. The smallest absolute Gasteiger partial charge is 0.141 e. The Morgan fingerprint density at radius 3 is 2.22 bits per heavy atom. The number of carbonyl (C=O) groups excluding carboxylic acids is 1. The average molecular weight is 260 g/mol. The zero-order valence-electron chi connectivity index (χ0n) is 9.90. The van der Waals surface area contributed by atoms with Gasteiger partial charge in [0.2, 0.25) is 0 Å². The number of nitrogens with two attached hydrogens (primary N) is 1. The first kappa shape index (κ1) is 12.7. The third-order valence-corrected chi connectivity index (χ3v) is 2.88. The van der Waals surface area contributed by atoms with Crippen molar-refractivity contribution in [2.24, 2.45) is 0 Å². The summed E-state index contributed by atoms with van der Waals surface area (Å²) in [4.78, 5) is 11.9. The Kier molecular flexibility index (Phi) is 4.00. The van der Waals surface area contributed by atoms with Crippen LogP contribution in [0.25, 0.3) is 0 Å². The van der Waals surface area contributed by atoms with Gasteiger partial charge in [0.05, 0.1) is 0 Å². The molecule has 0 radical (unpaired) electrons. The molecule has 0 aliphatic heterocycles. The molecule has 92 valence electrons. The van der Waals surface area contributed by atoms with Gasteiger partial charge in [-0.05, 0) is 35.4 Å². The predicted molar refractivity (Wildman–Crippen MR) is 74.7 cm³/mol. The van der Waals surface area contributed by atoms with Gasteiger partial charge < -0.3 is 5.73 Å². The van der Waals surface area contributed by atoms with Crippen LogP contribution in [0.3, 0.4) is 0 Å². The van der Waals surface area contributed by atoms with E-state index in [1.165, 1.54) is 0 Å². The van der Waals surface area contributed by atoms with Gasteiger partial charge in [-0.15, -0.1) is 0 Å². The van der Waals surface area contributed by atoms with Crippen molar-refractivity contribution in [2.45, 2.75) is 12.8 Å². The number of benzene rings is 2. The third kappa shape index (κ3) is 3.60. The average Bonchev–Trinajstić information content (AvgIpc) is 2.28. The second-order valence-electron chi connectivity index (χ2n) is 4.27. The number of ketones is 1. The summed E-state index contributed by atoms with van der Waals surface area (Å²) in [5.74, 6) is 0.155. The fraction of sp³-hybridized carbons (Fsp3) is 0.133. The van der Waals surface area contributed by atoms with Gasteiger partial charge in [0.15, 0.2) is 0 Å². The molecule has 0 spiro atoms. The van der Waals surface area contributed by atoms with Crippen LogP contribution in [0.1, 0.15) is 11.1 Å². The zero-order valence-corrected chi connectivity index (χ0v) is 10.7. The second-order valence-corrected chi connectivity index (χ2v) is 4.70. The number of Topliss-reactive ketones (excluding diaryl/α,β-unsaturated/α-hetero) is 1. The highest BCUT2D eigenvalue weighted by Gasteiger charge is 2.06. The van der Waals surface area contributed by atoms with E-state index in [0.717, 1.165) is 11.1 Å². The molecule has 2 aromatic rings. The number of hydrogen-bond donors (Lipinski definition) is 1. The first-order valence-corrected chi connectivity index (χ1v) is 6.12. The Hall–Kier alpha value is -1.80. The SMILES string of the molecule is Nc1cccc(CC(=O)Cc2cccc(Cl)c2)c1. The Labute approximate surface area is 111 Å². The lowest BCUT2D eigenvalue weighted by Gasteiger charge is -2.03. The molecule has 0 aliphatic rings. The van der Waals surface area contributed by atoms with E-state index in [-0.39, 0.29) is 5.78 Å². The summed E-state index contributed by atoms with van der Waals surface area (Å²) in [5.41, 5.74) is 8.25. The lowest BCUT2D eigenvalue weighted by Crippen LogP contribution is -2.06. The van der Waals surface area contributed by atoms with E-state index in [2.05, 4.69) is 0 Å². The molecule has 0 saturated carbocycles. The molecule has 0 atom stereocenters. The Morgan fingerprint density at radius 2 is 1.61 bits per heavy atom. The van der Waals surface area contributed by atoms with Crippen LogP contribution in [-0.4, -0.2) is 5.78 Å². The van der Waals surface area contributed by atoms with Crippen molar-refractivity contribution in [1.29, 1.82) is 0 Å². The first-order chi connectivity index (χ1) is 8.63. The van der Waals surface area contributed by atoms with Crippen LogP contribution >= 0.6 is 11.6 Å². The molecule has 0 saturated heterocycles. The van der Waals surface area contributed by atoms with Gasteiger partial charge >= 0.3 is 0 Å². The van der Waals surface area contributed by atoms with Crippen molar-refractivity contribution < 1.29 is 4.79 Å². The highest BCUT2D eigenvalue weighted by Crippen LogP contribution is 2.13. The molecule has 0 aromatic heterocycles. The van der Waals surface area contributed by atoms with Gasteiger partial charge in [-0.25, -0.2) is 0 Å². The van der Waals surface area contributed by atoms with Gasteiger partial charge in [0.1, 0.15) is 5.78 Å². The number of nitrogen functional groups attached to an aromatic ring is 1. The number of rotatable bonds is 4. The standard InChI is InChI=1S/C15H14ClNO/c16-13-5-1-3-11(7-13)9-15(18)10-12-4-2-6-14(17)8-12/h1-8H,9-10,17H2. The quantitative estimate of drug-likeness (QED) is 0.857.